The van der Waals surface area contributed by atoms with Crippen LogP contribution in [-0.4, -0.2) is 63.7 Å². The molecule has 7 heteroatoms. The van der Waals surface area contributed by atoms with E-state index in [1.165, 1.54) is 0 Å². The molecule has 7 nitrogen and oxygen atoms in total. The predicted molar refractivity (Wildman–Crippen MR) is 150 cm³/mol. The molecule has 3 atom stereocenters. The van der Waals surface area contributed by atoms with Crippen molar-refractivity contribution >= 4 is 28.6 Å². The number of benzene rings is 1. The zero-order chi connectivity index (χ0) is 27.4. The third-order valence-corrected chi connectivity index (χ3v) is 9.27. The Labute approximate surface area is 226 Å². The first-order valence-corrected chi connectivity index (χ1v) is 14.3. The maximum absolute atomic E-state index is 13.8. The lowest BCUT2D eigenvalue weighted by Crippen LogP contribution is -2.59. The standard InChI is InChI=1S/C31H44N4O3/c1-30(2,3)21-13-11-19(12-14-21)28(37)34-17-23-16-22(34)18-35(23)29(38)26(31(4,5)6)33-27(36)25-15-20-9-7-8-10-24(20)32-25/h7-10,15,19,21-23,26,32H,11-14,16-18H2,1-6H3,(H,33,36)/t19?,21?,22-,23-,26+/m0/s1. The van der Waals surface area contributed by atoms with E-state index in [4.69, 9.17) is 0 Å². The van der Waals surface area contributed by atoms with Gasteiger partial charge in [-0.15, -0.1) is 0 Å². The number of likely N-dealkylation sites (tertiary alicyclic amines) is 2. The van der Waals surface area contributed by atoms with Gasteiger partial charge in [-0.25, -0.2) is 0 Å². The van der Waals surface area contributed by atoms with Crippen LogP contribution in [0.2, 0.25) is 0 Å². The minimum Gasteiger partial charge on any atom is -0.351 e. The van der Waals surface area contributed by atoms with Gasteiger partial charge >= 0.3 is 0 Å². The molecular formula is C31H44N4O3. The normalized spacial score (nSPS) is 26.6. The van der Waals surface area contributed by atoms with Crippen molar-refractivity contribution in [3.8, 4) is 0 Å². The van der Waals surface area contributed by atoms with E-state index in [2.05, 4.69) is 36.0 Å². The average Bonchev–Trinajstić information content (AvgIpc) is 3.59. The Bertz CT molecular complexity index is 1180. The Hall–Kier alpha value is -2.83. The summed E-state index contributed by atoms with van der Waals surface area (Å²) in [4.78, 5) is 47.6. The molecule has 3 heterocycles. The lowest BCUT2D eigenvalue weighted by molar-refractivity contribution is -0.145. The van der Waals surface area contributed by atoms with Gasteiger partial charge in [0.15, 0.2) is 0 Å². The van der Waals surface area contributed by atoms with Gasteiger partial charge in [0.05, 0.1) is 12.1 Å². The summed E-state index contributed by atoms with van der Waals surface area (Å²) < 4.78 is 0. The Morgan fingerprint density at radius 2 is 1.55 bits per heavy atom. The molecule has 0 unspecified atom stereocenters. The maximum Gasteiger partial charge on any atom is 0.268 e. The summed E-state index contributed by atoms with van der Waals surface area (Å²) in [5.74, 6) is 0.767. The monoisotopic (exact) mass is 520 g/mol. The highest BCUT2D eigenvalue weighted by molar-refractivity contribution is 6.00. The van der Waals surface area contributed by atoms with Gasteiger partial charge in [0, 0.05) is 29.9 Å². The second-order valence-electron chi connectivity index (χ2n) is 14.0. The molecule has 0 spiro atoms. The van der Waals surface area contributed by atoms with Crippen LogP contribution in [0.25, 0.3) is 10.9 Å². The fraction of sp³-hybridized carbons (Fsp3) is 0.645. The Balaban J connectivity index is 1.22. The highest BCUT2D eigenvalue weighted by Gasteiger charge is 2.50. The number of aromatic amines is 1. The van der Waals surface area contributed by atoms with Crippen LogP contribution in [0, 0.1) is 22.7 Å². The molecule has 3 fully saturated rings. The van der Waals surface area contributed by atoms with Crippen LogP contribution in [0.15, 0.2) is 30.3 Å². The van der Waals surface area contributed by atoms with Gasteiger partial charge in [0.2, 0.25) is 11.8 Å². The SMILES string of the molecule is CC(C)(C)C1CCC(C(=O)N2C[C@@H]3C[C@H]2CN3C(=O)[C@@H](NC(=O)c2cc3ccccc3[nH]2)C(C)(C)C)CC1. The molecule has 1 aromatic carbocycles. The van der Waals surface area contributed by atoms with Crippen LogP contribution < -0.4 is 5.32 Å². The highest BCUT2D eigenvalue weighted by Crippen LogP contribution is 2.42. The van der Waals surface area contributed by atoms with Crippen LogP contribution in [-0.2, 0) is 9.59 Å². The number of H-pyrrole nitrogens is 1. The van der Waals surface area contributed by atoms with Crippen LogP contribution in [0.5, 0.6) is 0 Å². The van der Waals surface area contributed by atoms with Crippen molar-refractivity contribution < 1.29 is 14.4 Å². The van der Waals surface area contributed by atoms with E-state index in [1.54, 1.807) is 0 Å². The van der Waals surface area contributed by atoms with Gasteiger partial charge in [-0.3, -0.25) is 14.4 Å². The van der Waals surface area contributed by atoms with Gasteiger partial charge < -0.3 is 20.1 Å². The molecule has 5 rings (SSSR count). The van der Waals surface area contributed by atoms with Crippen molar-refractivity contribution in [1.82, 2.24) is 20.1 Å². The quantitative estimate of drug-likeness (QED) is 0.597. The lowest BCUT2D eigenvalue weighted by Gasteiger charge is -2.41. The number of rotatable bonds is 4. The molecule has 1 saturated carbocycles. The van der Waals surface area contributed by atoms with E-state index >= 15 is 0 Å². The summed E-state index contributed by atoms with van der Waals surface area (Å²) in [6.45, 7) is 14.0. The largest absolute Gasteiger partial charge is 0.351 e. The molecular weight excluding hydrogens is 476 g/mol. The predicted octanol–water partition coefficient (Wildman–Crippen LogP) is 4.98. The van der Waals surface area contributed by atoms with Crippen LogP contribution >= 0.6 is 0 Å². The number of piperazine rings is 1. The van der Waals surface area contributed by atoms with E-state index in [0.29, 0.717) is 30.1 Å². The van der Waals surface area contributed by atoms with Gasteiger partial charge in [0.1, 0.15) is 11.7 Å². The van der Waals surface area contributed by atoms with Crippen molar-refractivity contribution in [3.63, 3.8) is 0 Å². The zero-order valence-electron chi connectivity index (χ0n) is 23.8. The Kier molecular flexibility index (Phi) is 6.85. The molecule has 2 aliphatic heterocycles. The topological polar surface area (TPSA) is 85.5 Å². The molecule has 0 radical (unpaired) electrons. The van der Waals surface area contributed by atoms with Gasteiger partial charge in [-0.1, -0.05) is 59.7 Å². The number of hydrogen-bond donors (Lipinski definition) is 2. The van der Waals surface area contributed by atoms with Crippen molar-refractivity contribution in [3.05, 3.63) is 36.0 Å². The van der Waals surface area contributed by atoms with Crippen LogP contribution in [0.4, 0.5) is 0 Å². The molecule has 1 aromatic heterocycles. The number of nitrogens with zero attached hydrogens (tertiary/aromatic N) is 2. The van der Waals surface area contributed by atoms with Crippen molar-refractivity contribution in [2.45, 2.75) is 91.8 Å². The summed E-state index contributed by atoms with van der Waals surface area (Å²) >= 11 is 0. The first kappa shape index (κ1) is 26.8. The molecule has 3 aliphatic rings. The molecule has 2 N–H and O–H groups in total. The van der Waals surface area contributed by atoms with Crippen molar-refractivity contribution in [1.29, 1.82) is 0 Å². The highest BCUT2D eigenvalue weighted by atomic mass is 16.2. The van der Waals surface area contributed by atoms with Crippen LogP contribution in [0.1, 0.15) is 84.1 Å². The van der Waals surface area contributed by atoms with E-state index in [9.17, 15) is 14.4 Å². The number of para-hydroxylation sites is 1. The summed E-state index contributed by atoms with van der Waals surface area (Å²) in [7, 11) is 0. The maximum atomic E-state index is 13.8. The first-order chi connectivity index (χ1) is 17.8. The van der Waals surface area contributed by atoms with Crippen molar-refractivity contribution in [2.24, 2.45) is 22.7 Å². The van der Waals surface area contributed by atoms with Gasteiger partial charge in [-0.05, 0) is 61.0 Å². The fourth-order valence-electron chi connectivity index (χ4n) is 6.87. The minimum atomic E-state index is -0.655. The molecule has 2 saturated heterocycles. The smallest absolute Gasteiger partial charge is 0.268 e. The number of carbonyl (C=O) groups excluding carboxylic acids is 3. The molecule has 2 bridgehead atoms. The lowest BCUT2D eigenvalue weighted by atomic mass is 9.69. The molecule has 206 valence electrons. The van der Waals surface area contributed by atoms with E-state index in [-0.39, 0.29) is 35.7 Å². The summed E-state index contributed by atoms with van der Waals surface area (Å²) in [6, 6.07) is 9.03. The number of carbonyl (C=O) groups is 3. The minimum absolute atomic E-state index is 0.0252. The summed E-state index contributed by atoms with van der Waals surface area (Å²) in [5, 5.41) is 3.99. The number of fused-ring (bicyclic) bond motifs is 3. The number of aromatic nitrogens is 1. The molecule has 3 amide bonds. The van der Waals surface area contributed by atoms with Gasteiger partial charge in [-0.2, -0.15) is 0 Å². The molecule has 38 heavy (non-hydrogen) atoms. The number of hydrogen-bond acceptors (Lipinski definition) is 3. The number of nitrogens with one attached hydrogen (secondary N) is 2. The zero-order valence-corrected chi connectivity index (χ0v) is 23.8. The van der Waals surface area contributed by atoms with E-state index < -0.39 is 11.5 Å². The Morgan fingerprint density at radius 1 is 0.921 bits per heavy atom. The second-order valence-corrected chi connectivity index (χ2v) is 14.0. The third-order valence-electron chi connectivity index (χ3n) is 9.27. The fourth-order valence-corrected chi connectivity index (χ4v) is 6.87. The Morgan fingerprint density at radius 3 is 2.13 bits per heavy atom. The second kappa shape index (κ2) is 9.73. The van der Waals surface area contributed by atoms with E-state index in [0.717, 1.165) is 43.0 Å². The summed E-state index contributed by atoms with van der Waals surface area (Å²) in [5.41, 5.74) is 1.19. The van der Waals surface area contributed by atoms with Gasteiger partial charge in [0.25, 0.3) is 5.91 Å². The van der Waals surface area contributed by atoms with Crippen LogP contribution in [0.3, 0.4) is 0 Å². The number of amides is 3. The van der Waals surface area contributed by atoms with E-state index in [1.807, 2.05) is 56.0 Å². The average molecular weight is 521 g/mol. The molecule has 1 aliphatic carbocycles. The molecule has 2 aromatic rings. The van der Waals surface area contributed by atoms with Crippen molar-refractivity contribution in [2.75, 3.05) is 13.1 Å². The first-order valence-electron chi connectivity index (χ1n) is 14.3. The summed E-state index contributed by atoms with van der Waals surface area (Å²) in [6.07, 6.45) is 5.03. The third kappa shape index (κ3) is 5.08.